The van der Waals surface area contributed by atoms with E-state index in [9.17, 15) is 9.59 Å². The summed E-state index contributed by atoms with van der Waals surface area (Å²) in [6.45, 7) is 0.503. The number of hydrogen-bond acceptors (Lipinski definition) is 3. The van der Waals surface area contributed by atoms with Crippen LogP contribution in [-0.4, -0.2) is 49.6 Å². The van der Waals surface area contributed by atoms with Gasteiger partial charge in [-0.1, -0.05) is 11.6 Å². The van der Waals surface area contributed by atoms with Gasteiger partial charge in [0, 0.05) is 27.1 Å². The molecule has 0 spiro atoms. The lowest BCUT2D eigenvalue weighted by Gasteiger charge is -2.18. The Kier molecular flexibility index (Phi) is 5.79. The Labute approximate surface area is 126 Å². The zero-order valence-corrected chi connectivity index (χ0v) is 13.1. The molecule has 1 aliphatic carbocycles. The van der Waals surface area contributed by atoms with Crippen molar-refractivity contribution in [2.24, 2.45) is 0 Å². The summed E-state index contributed by atoms with van der Waals surface area (Å²) >= 11 is 0. The van der Waals surface area contributed by atoms with Gasteiger partial charge in [0.1, 0.15) is 6.10 Å². The highest BCUT2D eigenvalue weighted by Gasteiger charge is 2.31. The smallest absolute Gasteiger partial charge is 0.251 e. The molecule has 0 aromatic heterocycles. The zero-order valence-electron chi connectivity index (χ0n) is 13.1. The van der Waals surface area contributed by atoms with Gasteiger partial charge in [-0.3, -0.25) is 9.59 Å². The van der Waals surface area contributed by atoms with Crippen LogP contribution in [0.4, 0.5) is 0 Å². The summed E-state index contributed by atoms with van der Waals surface area (Å²) in [5, 5.41) is 2.93. The monoisotopic (exact) mass is 294 g/mol. The third kappa shape index (κ3) is 4.84. The van der Waals surface area contributed by atoms with E-state index in [1.807, 2.05) is 0 Å². The van der Waals surface area contributed by atoms with Gasteiger partial charge in [-0.25, -0.2) is 0 Å². The highest BCUT2D eigenvalue weighted by atomic mass is 16.5. The highest BCUT2D eigenvalue weighted by molar-refractivity contribution is 5.80. The van der Waals surface area contributed by atoms with Crippen molar-refractivity contribution in [1.29, 1.82) is 0 Å². The number of amides is 2. The minimum absolute atomic E-state index is 0.0104. The molecule has 5 heteroatoms. The second kappa shape index (κ2) is 7.59. The molecule has 0 bridgehead atoms. The molecule has 0 aromatic rings. The van der Waals surface area contributed by atoms with E-state index < -0.39 is 0 Å². The number of carbonyl (C=O) groups excluding carboxylic acids is 2. The Hall–Kier alpha value is -1.36. The standard InChI is InChI=1S/C16H26N2O3/c1-18(2)16(20)14-9-8-13(21-14)11-17-15(19)10-12-6-4-3-5-7-12/h6,13-14H,3-5,7-11H2,1-2H3,(H,17,19). The Morgan fingerprint density at radius 1 is 1.33 bits per heavy atom. The molecular weight excluding hydrogens is 268 g/mol. The Balaban J connectivity index is 1.68. The maximum atomic E-state index is 11.9. The Morgan fingerprint density at radius 2 is 2.14 bits per heavy atom. The van der Waals surface area contributed by atoms with Gasteiger partial charge in [0.25, 0.3) is 5.91 Å². The zero-order chi connectivity index (χ0) is 15.2. The summed E-state index contributed by atoms with van der Waals surface area (Å²) in [4.78, 5) is 25.3. The average Bonchev–Trinajstić information content (AvgIpc) is 2.94. The Morgan fingerprint density at radius 3 is 2.81 bits per heavy atom. The second-order valence-electron chi connectivity index (χ2n) is 6.15. The molecule has 2 unspecified atom stereocenters. The predicted molar refractivity (Wildman–Crippen MR) is 80.8 cm³/mol. The van der Waals surface area contributed by atoms with Crippen molar-refractivity contribution in [3.05, 3.63) is 11.6 Å². The van der Waals surface area contributed by atoms with Gasteiger partial charge in [-0.05, 0) is 38.5 Å². The highest BCUT2D eigenvalue weighted by Crippen LogP contribution is 2.21. The molecule has 2 atom stereocenters. The number of nitrogens with zero attached hydrogens (tertiary/aromatic N) is 1. The molecule has 118 valence electrons. The topological polar surface area (TPSA) is 58.6 Å². The molecule has 1 N–H and O–H groups in total. The molecule has 0 radical (unpaired) electrons. The molecule has 1 fully saturated rings. The fourth-order valence-electron chi connectivity index (χ4n) is 2.89. The van der Waals surface area contributed by atoms with Gasteiger partial charge >= 0.3 is 0 Å². The number of carbonyl (C=O) groups is 2. The first-order chi connectivity index (χ1) is 10.1. The average molecular weight is 294 g/mol. The third-order valence-electron chi connectivity index (χ3n) is 4.12. The number of nitrogens with one attached hydrogen (secondary N) is 1. The largest absolute Gasteiger partial charge is 0.363 e. The van der Waals surface area contributed by atoms with Crippen molar-refractivity contribution >= 4 is 11.8 Å². The molecule has 2 aliphatic rings. The van der Waals surface area contributed by atoms with E-state index in [4.69, 9.17) is 4.74 Å². The van der Waals surface area contributed by atoms with Crippen molar-refractivity contribution in [2.45, 2.75) is 57.2 Å². The fourth-order valence-corrected chi connectivity index (χ4v) is 2.89. The van der Waals surface area contributed by atoms with Gasteiger partial charge in [0.05, 0.1) is 6.10 Å². The van der Waals surface area contributed by atoms with Gasteiger partial charge in [-0.2, -0.15) is 0 Å². The van der Waals surface area contributed by atoms with Crippen LogP contribution in [0.1, 0.15) is 44.9 Å². The van der Waals surface area contributed by atoms with Crippen LogP contribution in [-0.2, 0) is 14.3 Å². The van der Waals surface area contributed by atoms with Crippen molar-refractivity contribution in [1.82, 2.24) is 10.2 Å². The normalized spacial score (nSPS) is 25.3. The van der Waals surface area contributed by atoms with Crippen molar-refractivity contribution in [2.75, 3.05) is 20.6 Å². The number of ether oxygens (including phenoxy) is 1. The van der Waals surface area contributed by atoms with Gasteiger partial charge in [-0.15, -0.1) is 0 Å². The summed E-state index contributed by atoms with van der Waals surface area (Å²) in [6, 6.07) is 0. The molecule has 0 saturated carbocycles. The summed E-state index contributed by atoms with van der Waals surface area (Å²) < 4.78 is 5.70. The second-order valence-corrected chi connectivity index (χ2v) is 6.15. The molecule has 2 amide bonds. The molecule has 5 nitrogen and oxygen atoms in total. The van der Waals surface area contributed by atoms with Crippen molar-refractivity contribution in [3.8, 4) is 0 Å². The first-order valence-electron chi connectivity index (χ1n) is 7.87. The first kappa shape index (κ1) is 16.0. The first-order valence-corrected chi connectivity index (χ1v) is 7.87. The van der Waals surface area contributed by atoms with Crippen LogP contribution in [0.2, 0.25) is 0 Å². The summed E-state index contributed by atoms with van der Waals surface area (Å²) in [5.74, 6) is 0.0744. The third-order valence-corrected chi connectivity index (χ3v) is 4.12. The molecule has 1 heterocycles. The fraction of sp³-hybridized carbons (Fsp3) is 0.750. The molecule has 1 saturated heterocycles. The van der Waals surface area contributed by atoms with Crippen LogP contribution in [0.15, 0.2) is 11.6 Å². The van der Waals surface area contributed by atoms with Crippen molar-refractivity contribution < 1.29 is 14.3 Å². The maximum absolute atomic E-state index is 11.9. The van der Waals surface area contributed by atoms with Crippen LogP contribution >= 0.6 is 0 Å². The summed E-state index contributed by atoms with van der Waals surface area (Å²) in [5.41, 5.74) is 1.26. The Bertz CT molecular complexity index is 418. The van der Waals surface area contributed by atoms with Crippen LogP contribution < -0.4 is 5.32 Å². The van der Waals surface area contributed by atoms with E-state index in [-0.39, 0.29) is 24.0 Å². The van der Waals surface area contributed by atoms with Crippen molar-refractivity contribution in [3.63, 3.8) is 0 Å². The van der Waals surface area contributed by atoms with Gasteiger partial charge < -0.3 is 15.0 Å². The number of rotatable bonds is 5. The molecule has 1 aliphatic heterocycles. The summed E-state index contributed by atoms with van der Waals surface area (Å²) in [7, 11) is 3.47. The predicted octanol–water partition coefficient (Wildman–Crippen LogP) is 1.63. The number of allylic oxidation sites excluding steroid dienone is 1. The lowest BCUT2D eigenvalue weighted by molar-refractivity contribution is -0.140. The number of hydrogen-bond donors (Lipinski definition) is 1. The van der Waals surface area contributed by atoms with E-state index in [0.717, 1.165) is 25.7 Å². The molecule has 0 aromatic carbocycles. The number of likely N-dealkylation sites (N-methyl/N-ethyl adjacent to an activating group) is 1. The minimum atomic E-state index is -0.344. The summed E-state index contributed by atoms with van der Waals surface area (Å²) in [6.07, 6.45) is 8.46. The lowest BCUT2D eigenvalue weighted by atomic mass is 9.97. The van der Waals surface area contributed by atoms with E-state index in [1.54, 1.807) is 19.0 Å². The quantitative estimate of drug-likeness (QED) is 0.784. The van der Waals surface area contributed by atoms with Crippen LogP contribution in [0, 0.1) is 0 Å². The van der Waals surface area contributed by atoms with E-state index in [0.29, 0.717) is 13.0 Å². The minimum Gasteiger partial charge on any atom is -0.363 e. The van der Waals surface area contributed by atoms with Crippen LogP contribution in [0.5, 0.6) is 0 Å². The molecule has 21 heavy (non-hydrogen) atoms. The SMILES string of the molecule is CN(C)C(=O)C1CCC(CNC(=O)CC2=CCCCC2)O1. The van der Waals surface area contributed by atoms with Crippen LogP contribution in [0.25, 0.3) is 0 Å². The van der Waals surface area contributed by atoms with Gasteiger partial charge in [0.15, 0.2) is 0 Å². The van der Waals surface area contributed by atoms with Gasteiger partial charge in [0.2, 0.25) is 5.91 Å². The van der Waals surface area contributed by atoms with E-state index in [2.05, 4.69) is 11.4 Å². The molecular formula is C16H26N2O3. The van der Waals surface area contributed by atoms with E-state index in [1.165, 1.54) is 18.4 Å². The van der Waals surface area contributed by atoms with E-state index >= 15 is 0 Å². The molecule has 2 rings (SSSR count). The lowest BCUT2D eigenvalue weighted by Crippen LogP contribution is -2.36. The van der Waals surface area contributed by atoms with Crippen LogP contribution in [0.3, 0.4) is 0 Å². The maximum Gasteiger partial charge on any atom is 0.251 e.